The van der Waals surface area contributed by atoms with Gasteiger partial charge in [0.15, 0.2) is 0 Å². The zero-order valence-electron chi connectivity index (χ0n) is 17.7. The quantitative estimate of drug-likeness (QED) is 0.619. The molecule has 31 heavy (non-hydrogen) atoms. The number of hydrogen-bond acceptors (Lipinski definition) is 4. The second-order valence-electron chi connectivity index (χ2n) is 8.89. The van der Waals surface area contributed by atoms with E-state index in [-0.39, 0.29) is 47.5 Å². The molecule has 3 heterocycles. The molecular formula is C24H24ClFNNaO3. The van der Waals surface area contributed by atoms with E-state index in [0.717, 1.165) is 42.4 Å². The van der Waals surface area contributed by atoms with Crippen molar-refractivity contribution in [1.29, 1.82) is 0 Å². The summed E-state index contributed by atoms with van der Waals surface area (Å²) in [5.74, 6) is -1.90. The van der Waals surface area contributed by atoms with Crippen molar-refractivity contribution in [3.05, 3.63) is 70.0 Å². The van der Waals surface area contributed by atoms with Crippen molar-refractivity contribution in [2.24, 2.45) is 5.92 Å². The first-order valence-electron chi connectivity index (χ1n) is 10.6. The Kier molecular flexibility index (Phi) is 6.83. The predicted octanol–water partition coefficient (Wildman–Crippen LogP) is 0.444. The number of benzene rings is 2. The third-order valence-corrected chi connectivity index (χ3v) is 7.53. The van der Waals surface area contributed by atoms with Crippen molar-refractivity contribution in [2.75, 3.05) is 6.54 Å². The van der Waals surface area contributed by atoms with Gasteiger partial charge in [0.25, 0.3) is 0 Å². The molecule has 2 aromatic carbocycles. The van der Waals surface area contributed by atoms with E-state index in [1.54, 1.807) is 12.1 Å². The van der Waals surface area contributed by atoms with Crippen LogP contribution in [0.1, 0.15) is 42.4 Å². The SMILES string of the molecule is O=C([O-])C(Cc1ccccc1Cl)CN1C2CCC1CC1(C2)OCc2ccc(F)cc21.[Na+]. The van der Waals surface area contributed by atoms with E-state index in [1.165, 1.54) is 6.07 Å². The van der Waals surface area contributed by atoms with Crippen LogP contribution in [0.4, 0.5) is 4.39 Å². The number of nitrogens with zero attached hydrogens (tertiary/aromatic N) is 1. The Bertz CT molecular complexity index is 973. The summed E-state index contributed by atoms with van der Waals surface area (Å²) in [6, 6.07) is 12.8. The molecule has 2 saturated heterocycles. The van der Waals surface area contributed by atoms with Crippen LogP contribution in [0.3, 0.4) is 0 Å². The summed E-state index contributed by atoms with van der Waals surface area (Å²) in [6.45, 7) is 0.957. The maximum atomic E-state index is 13.9. The molecular weight excluding hydrogens is 428 g/mol. The van der Waals surface area contributed by atoms with Crippen molar-refractivity contribution in [1.82, 2.24) is 4.90 Å². The van der Waals surface area contributed by atoms with E-state index in [9.17, 15) is 14.3 Å². The molecule has 7 heteroatoms. The molecule has 3 unspecified atom stereocenters. The molecule has 3 aliphatic heterocycles. The van der Waals surface area contributed by atoms with Crippen molar-refractivity contribution in [3.63, 3.8) is 0 Å². The summed E-state index contributed by atoms with van der Waals surface area (Å²) in [7, 11) is 0. The predicted molar refractivity (Wildman–Crippen MR) is 109 cm³/mol. The molecule has 1 spiro atoms. The average molecular weight is 452 g/mol. The van der Waals surface area contributed by atoms with Gasteiger partial charge in [-0.1, -0.05) is 35.9 Å². The number of halogens is 2. The van der Waals surface area contributed by atoms with Gasteiger partial charge in [-0.15, -0.1) is 0 Å². The molecule has 0 aliphatic carbocycles. The van der Waals surface area contributed by atoms with Crippen molar-refractivity contribution < 1.29 is 48.6 Å². The van der Waals surface area contributed by atoms with Crippen LogP contribution < -0.4 is 34.7 Å². The Labute approximate surface area is 209 Å². The number of fused-ring (bicyclic) bond motifs is 4. The number of carboxylic acids is 1. The van der Waals surface area contributed by atoms with Crippen LogP contribution in [-0.2, 0) is 28.2 Å². The third kappa shape index (κ3) is 4.33. The fourth-order valence-electron chi connectivity index (χ4n) is 5.73. The smallest absolute Gasteiger partial charge is 0.550 e. The number of rotatable bonds is 5. The average Bonchev–Trinajstić information content (AvgIpc) is 3.16. The second-order valence-corrected chi connectivity index (χ2v) is 9.29. The molecule has 2 fully saturated rings. The van der Waals surface area contributed by atoms with Crippen molar-refractivity contribution in [2.45, 2.75) is 56.4 Å². The number of piperidine rings is 1. The van der Waals surface area contributed by atoms with Gasteiger partial charge in [0, 0.05) is 35.5 Å². The van der Waals surface area contributed by atoms with E-state index in [0.29, 0.717) is 24.6 Å². The number of carbonyl (C=O) groups excluding carboxylic acids is 1. The Balaban J connectivity index is 0.00000231. The Morgan fingerprint density at radius 1 is 1.23 bits per heavy atom. The van der Waals surface area contributed by atoms with Gasteiger partial charge in [-0.25, -0.2) is 4.39 Å². The molecule has 0 aromatic heterocycles. The van der Waals surface area contributed by atoms with E-state index < -0.39 is 17.5 Å². The molecule has 3 aliphatic rings. The number of carboxylic acid groups (broad SMARTS) is 1. The van der Waals surface area contributed by atoms with Crippen LogP contribution in [0.15, 0.2) is 42.5 Å². The number of carbonyl (C=O) groups is 1. The molecule has 158 valence electrons. The van der Waals surface area contributed by atoms with Crippen LogP contribution in [-0.4, -0.2) is 29.5 Å². The summed E-state index contributed by atoms with van der Waals surface area (Å²) in [5, 5.41) is 12.5. The first-order chi connectivity index (χ1) is 14.4. The summed E-state index contributed by atoms with van der Waals surface area (Å²) in [4.78, 5) is 14.2. The Hall–Kier alpha value is -0.950. The maximum Gasteiger partial charge on any atom is 1.00 e. The standard InChI is InChI=1S/C24H25ClFNO3.Na/c25-22-4-2-1-3-15(22)9-17(23(28)29)13-27-19-7-8-20(27)12-24(11-19)21-10-18(26)6-5-16(21)14-30-24;/h1-6,10,17,19-20H,7-9,11-14H2,(H,28,29);/q;+1/p-1. The van der Waals surface area contributed by atoms with Crippen LogP contribution in [0.2, 0.25) is 5.02 Å². The Morgan fingerprint density at radius 3 is 2.61 bits per heavy atom. The normalized spacial score (nSPS) is 27.7. The zero-order chi connectivity index (χ0) is 20.9. The summed E-state index contributed by atoms with van der Waals surface area (Å²) in [6.07, 6.45) is 3.91. The summed E-state index contributed by atoms with van der Waals surface area (Å²) < 4.78 is 20.2. The molecule has 0 amide bonds. The first kappa shape index (κ1) is 23.2. The molecule has 2 bridgehead atoms. The van der Waals surface area contributed by atoms with Crippen molar-refractivity contribution >= 4 is 17.6 Å². The fourth-order valence-corrected chi connectivity index (χ4v) is 5.95. The molecule has 0 N–H and O–H groups in total. The zero-order valence-corrected chi connectivity index (χ0v) is 20.4. The maximum absolute atomic E-state index is 13.9. The fraction of sp³-hybridized carbons (Fsp3) is 0.458. The molecule has 5 rings (SSSR count). The topological polar surface area (TPSA) is 52.6 Å². The van der Waals surface area contributed by atoms with Gasteiger partial charge in [0.1, 0.15) is 5.82 Å². The number of hydrogen-bond donors (Lipinski definition) is 0. The molecule has 2 aromatic rings. The number of ether oxygens (including phenoxy) is 1. The number of aliphatic carboxylic acids is 1. The summed E-state index contributed by atoms with van der Waals surface area (Å²) >= 11 is 6.25. The van der Waals surface area contributed by atoms with Gasteiger partial charge in [0.05, 0.1) is 12.2 Å². The van der Waals surface area contributed by atoms with Crippen LogP contribution in [0.25, 0.3) is 0 Å². The van der Waals surface area contributed by atoms with Gasteiger partial charge < -0.3 is 14.6 Å². The van der Waals surface area contributed by atoms with Crippen LogP contribution >= 0.6 is 11.6 Å². The molecule has 3 atom stereocenters. The minimum Gasteiger partial charge on any atom is -0.550 e. The van der Waals surface area contributed by atoms with E-state index in [4.69, 9.17) is 16.3 Å². The van der Waals surface area contributed by atoms with Gasteiger partial charge in [-0.05, 0) is 67.0 Å². The van der Waals surface area contributed by atoms with Crippen LogP contribution in [0, 0.1) is 11.7 Å². The van der Waals surface area contributed by atoms with Gasteiger partial charge >= 0.3 is 29.6 Å². The van der Waals surface area contributed by atoms with Gasteiger partial charge in [-0.2, -0.15) is 0 Å². The van der Waals surface area contributed by atoms with E-state index >= 15 is 0 Å². The summed E-state index contributed by atoms with van der Waals surface area (Å²) in [5.41, 5.74) is 2.43. The van der Waals surface area contributed by atoms with E-state index in [2.05, 4.69) is 4.90 Å². The monoisotopic (exact) mass is 451 g/mol. The largest absolute Gasteiger partial charge is 1.00 e. The van der Waals surface area contributed by atoms with Crippen molar-refractivity contribution in [3.8, 4) is 0 Å². The minimum absolute atomic E-state index is 0. The minimum atomic E-state index is -1.04. The van der Waals surface area contributed by atoms with Gasteiger partial charge in [-0.3, -0.25) is 4.90 Å². The third-order valence-electron chi connectivity index (χ3n) is 7.16. The first-order valence-corrected chi connectivity index (χ1v) is 11.0. The van der Waals surface area contributed by atoms with E-state index in [1.807, 2.05) is 24.3 Å². The molecule has 0 radical (unpaired) electrons. The molecule has 4 nitrogen and oxygen atoms in total. The van der Waals surface area contributed by atoms with Crippen LogP contribution in [0.5, 0.6) is 0 Å². The van der Waals surface area contributed by atoms with Gasteiger partial charge in [0.2, 0.25) is 0 Å². The molecule has 0 saturated carbocycles. The second kappa shape index (κ2) is 9.12. The Morgan fingerprint density at radius 2 is 1.94 bits per heavy atom.